The Bertz CT molecular complexity index is 415. The van der Waals surface area contributed by atoms with Crippen LogP contribution in [0.5, 0.6) is 0 Å². The number of amides is 1. The second-order valence-corrected chi connectivity index (χ2v) is 4.15. The zero-order chi connectivity index (χ0) is 12.1. The molecular formula is C11H16N4O2. The van der Waals surface area contributed by atoms with Crippen LogP contribution < -0.4 is 16.2 Å². The molecule has 1 amide bonds. The van der Waals surface area contributed by atoms with Crippen molar-refractivity contribution in [3.05, 3.63) is 22.5 Å². The van der Waals surface area contributed by atoms with Crippen LogP contribution in [0.25, 0.3) is 0 Å². The van der Waals surface area contributed by atoms with Crippen molar-refractivity contribution in [2.45, 2.75) is 31.7 Å². The van der Waals surface area contributed by atoms with Crippen LogP contribution in [-0.4, -0.2) is 28.7 Å². The van der Waals surface area contributed by atoms with Gasteiger partial charge in [-0.1, -0.05) is 12.8 Å². The first-order valence-electron chi connectivity index (χ1n) is 5.86. The van der Waals surface area contributed by atoms with Gasteiger partial charge >= 0.3 is 0 Å². The normalized spacial score (nSPS) is 20.6. The lowest BCUT2D eigenvalue weighted by Gasteiger charge is -2.14. The van der Waals surface area contributed by atoms with Crippen molar-refractivity contribution in [1.82, 2.24) is 15.5 Å². The number of carbonyl (C=O) groups excluding carboxylic acids is 1. The first-order chi connectivity index (χ1) is 8.25. The Hall–Kier alpha value is -1.69. The van der Waals surface area contributed by atoms with Gasteiger partial charge in [0, 0.05) is 6.07 Å². The van der Waals surface area contributed by atoms with Crippen molar-refractivity contribution in [2.75, 3.05) is 11.9 Å². The summed E-state index contributed by atoms with van der Waals surface area (Å²) in [5.41, 5.74) is -0.282. The van der Waals surface area contributed by atoms with E-state index < -0.39 is 0 Å². The summed E-state index contributed by atoms with van der Waals surface area (Å²) in [5, 5.41) is 11.9. The number of hydrogen-bond acceptors (Lipinski definition) is 4. The highest BCUT2D eigenvalue weighted by Crippen LogP contribution is 2.09. The number of hydrogen-bond donors (Lipinski definition) is 3. The predicted molar refractivity (Wildman–Crippen MR) is 63.7 cm³/mol. The molecule has 92 valence electrons. The second kappa shape index (κ2) is 5.58. The molecule has 1 aliphatic rings. The number of rotatable bonds is 2. The zero-order valence-corrected chi connectivity index (χ0v) is 9.53. The van der Waals surface area contributed by atoms with Gasteiger partial charge < -0.3 is 10.6 Å². The third-order valence-electron chi connectivity index (χ3n) is 2.81. The highest BCUT2D eigenvalue weighted by molar-refractivity contribution is 5.93. The average Bonchev–Trinajstić information content (AvgIpc) is 2.61. The van der Waals surface area contributed by atoms with Gasteiger partial charge in [0.25, 0.3) is 5.56 Å². The Morgan fingerprint density at radius 1 is 1.35 bits per heavy atom. The minimum atomic E-state index is -0.282. The number of nitrogens with one attached hydrogen (secondary N) is 3. The molecular weight excluding hydrogens is 220 g/mol. The van der Waals surface area contributed by atoms with Gasteiger partial charge in [0.1, 0.15) is 0 Å². The van der Waals surface area contributed by atoms with Crippen LogP contribution in [0, 0.1) is 0 Å². The van der Waals surface area contributed by atoms with Crippen molar-refractivity contribution in [3.8, 4) is 0 Å². The van der Waals surface area contributed by atoms with Gasteiger partial charge in [0.15, 0.2) is 5.82 Å². The molecule has 2 rings (SSSR count). The Labute approximate surface area is 98.8 Å². The molecule has 3 N–H and O–H groups in total. The molecule has 6 nitrogen and oxygen atoms in total. The summed E-state index contributed by atoms with van der Waals surface area (Å²) in [6, 6.07) is 2.67. The molecule has 6 heteroatoms. The Balaban J connectivity index is 1.95. The van der Waals surface area contributed by atoms with E-state index in [-0.39, 0.29) is 17.5 Å². The van der Waals surface area contributed by atoms with Crippen molar-refractivity contribution < 1.29 is 4.79 Å². The summed E-state index contributed by atoms with van der Waals surface area (Å²) in [5.74, 6) is 0.284. The van der Waals surface area contributed by atoms with E-state index in [2.05, 4.69) is 20.8 Å². The summed E-state index contributed by atoms with van der Waals surface area (Å²) >= 11 is 0. The minimum Gasteiger partial charge on any atom is -0.308 e. The fourth-order valence-electron chi connectivity index (χ4n) is 1.88. The number of carbonyl (C=O) groups is 1. The molecule has 1 atom stereocenters. The minimum absolute atomic E-state index is 0.0913. The fourth-order valence-corrected chi connectivity index (χ4v) is 1.88. The molecule has 0 bridgehead atoms. The van der Waals surface area contributed by atoms with Crippen LogP contribution >= 0.6 is 0 Å². The van der Waals surface area contributed by atoms with Gasteiger partial charge in [-0.15, -0.1) is 0 Å². The maximum atomic E-state index is 11.9. The first-order valence-corrected chi connectivity index (χ1v) is 5.86. The topological polar surface area (TPSA) is 86.9 Å². The molecule has 17 heavy (non-hydrogen) atoms. The van der Waals surface area contributed by atoms with E-state index in [1.54, 1.807) is 0 Å². The van der Waals surface area contributed by atoms with Crippen molar-refractivity contribution in [2.24, 2.45) is 0 Å². The van der Waals surface area contributed by atoms with Crippen molar-refractivity contribution in [3.63, 3.8) is 0 Å². The third kappa shape index (κ3) is 3.39. The van der Waals surface area contributed by atoms with E-state index in [1.807, 2.05) is 0 Å². The van der Waals surface area contributed by atoms with Gasteiger partial charge in [-0.05, 0) is 25.5 Å². The van der Waals surface area contributed by atoms with E-state index >= 15 is 0 Å². The molecule has 1 aromatic heterocycles. The fraction of sp³-hybridized carbons (Fsp3) is 0.545. The summed E-state index contributed by atoms with van der Waals surface area (Å²) < 4.78 is 0. The molecule has 1 fully saturated rings. The Morgan fingerprint density at radius 3 is 3.00 bits per heavy atom. The molecule has 1 unspecified atom stereocenters. The smallest absolute Gasteiger partial charge is 0.264 e. The zero-order valence-electron chi connectivity index (χ0n) is 9.53. The Morgan fingerprint density at radius 2 is 2.24 bits per heavy atom. The molecule has 0 radical (unpaired) electrons. The van der Waals surface area contributed by atoms with E-state index in [0.717, 1.165) is 32.2 Å². The SMILES string of the molecule is O=C(Nc1ccc(=O)[nH]n1)C1CCCCCN1. The van der Waals surface area contributed by atoms with Crippen molar-refractivity contribution >= 4 is 11.7 Å². The highest BCUT2D eigenvalue weighted by Gasteiger charge is 2.19. The van der Waals surface area contributed by atoms with Crippen LogP contribution in [0.1, 0.15) is 25.7 Å². The Kier molecular flexibility index (Phi) is 3.87. The van der Waals surface area contributed by atoms with Crippen LogP contribution in [0.15, 0.2) is 16.9 Å². The quantitative estimate of drug-likeness (QED) is 0.686. The molecule has 1 aliphatic heterocycles. The number of anilines is 1. The summed E-state index contributed by atoms with van der Waals surface area (Å²) in [6.45, 7) is 0.872. The van der Waals surface area contributed by atoms with Gasteiger partial charge in [0.05, 0.1) is 6.04 Å². The molecule has 1 saturated heterocycles. The van der Waals surface area contributed by atoms with E-state index in [9.17, 15) is 9.59 Å². The monoisotopic (exact) mass is 236 g/mol. The van der Waals surface area contributed by atoms with Crippen LogP contribution in [0.4, 0.5) is 5.82 Å². The van der Waals surface area contributed by atoms with Gasteiger partial charge in [0.2, 0.25) is 5.91 Å². The van der Waals surface area contributed by atoms with Crippen LogP contribution in [0.2, 0.25) is 0 Å². The van der Waals surface area contributed by atoms with E-state index in [1.165, 1.54) is 12.1 Å². The summed E-state index contributed by atoms with van der Waals surface area (Å²) in [6.07, 6.45) is 4.17. The molecule has 1 aromatic rings. The van der Waals surface area contributed by atoms with E-state index in [4.69, 9.17) is 0 Å². The van der Waals surface area contributed by atoms with Crippen LogP contribution in [-0.2, 0) is 4.79 Å². The van der Waals surface area contributed by atoms with Crippen molar-refractivity contribution in [1.29, 1.82) is 0 Å². The number of nitrogens with zero attached hydrogens (tertiary/aromatic N) is 1. The third-order valence-corrected chi connectivity index (χ3v) is 2.81. The predicted octanol–water partition coefficient (Wildman–Crippen LogP) is 0.241. The number of aromatic amines is 1. The molecule has 0 aliphatic carbocycles. The summed E-state index contributed by atoms with van der Waals surface area (Å²) in [4.78, 5) is 22.7. The largest absolute Gasteiger partial charge is 0.308 e. The summed E-state index contributed by atoms with van der Waals surface area (Å²) in [7, 11) is 0. The standard InChI is InChI=1S/C11H16N4O2/c16-10-6-5-9(14-15-10)13-11(17)8-4-2-1-3-7-12-8/h5-6,8,12H,1-4,7H2,(H,15,16)(H,13,14,17). The molecule has 0 spiro atoms. The lowest BCUT2D eigenvalue weighted by molar-refractivity contribution is -0.118. The lowest BCUT2D eigenvalue weighted by atomic mass is 10.1. The maximum Gasteiger partial charge on any atom is 0.264 e. The average molecular weight is 236 g/mol. The second-order valence-electron chi connectivity index (χ2n) is 4.15. The highest BCUT2D eigenvalue weighted by atomic mass is 16.2. The van der Waals surface area contributed by atoms with Gasteiger partial charge in [-0.3, -0.25) is 9.59 Å². The maximum absolute atomic E-state index is 11.9. The van der Waals surface area contributed by atoms with Crippen LogP contribution in [0.3, 0.4) is 0 Å². The first kappa shape index (κ1) is 11.8. The molecule has 0 aromatic carbocycles. The molecule has 0 saturated carbocycles. The van der Waals surface area contributed by atoms with E-state index in [0.29, 0.717) is 5.82 Å². The van der Waals surface area contributed by atoms with Gasteiger partial charge in [-0.2, -0.15) is 5.10 Å². The number of H-pyrrole nitrogens is 1. The van der Waals surface area contributed by atoms with Gasteiger partial charge in [-0.25, -0.2) is 5.10 Å². The molecule has 2 heterocycles. The lowest BCUT2D eigenvalue weighted by Crippen LogP contribution is -2.40. The number of aromatic nitrogens is 2.